The van der Waals surface area contributed by atoms with E-state index in [1.807, 2.05) is 12.2 Å². The predicted octanol–water partition coefficient (Wildman–Crippen LogP) is 5.68. The van der Waals surface area contributed by atoms with Crippen LogP contribution in [-0.2, 0) is 6.42 Å². The fraction of sp³-hybridized carbons (Fsp3) is 0.333. The van der Waals surface area contributed by atoms with Gasteiger partial charge in [0, 0.05) is 25.5 Å². The van der Waals surface area contributed by atoms with Crippen molar-refractivity contribution in [3.63, 3.8) is 0 Å². The van der Waals surface area contributed by atoms with E-state index in [-0.39, 0.29) is 0 Å². The summed E-state index contributed by atoms with van der Waals surface area (Å²) in [6.07, 6.45) is 6.87. The molecular weight excluding hydrogens is 434 g/mol. The van der Waals surface area contributed by atoms with Crippen LogP contribution in [0.1, 0.15) is 30.0 Å². The first-order valence-corrected chi connectivity index (χ1v) is 8.60. The van der Waals surface area contributed by atoms with E-state index in [9.17, 15) is 0 Å². The number of benzene rings is 1. The summed E-state index contributed by atoms with van der Waals surface area (Å²) in [6.45, 7) is 7.72. The average molecular weight is 450 g/mol. The van der Waals surface area contributed by atoms with Crippen molar-refractivity contribution in [1.82, 2.24) is 5.32 Å². The molecular formula is C15H16Br3N. The Kier molecular flexibility index (Phi) is 5.46. The van der Waals surface area contributed by atoms with Crippen molar-refractivity contribution < 1.29 is 0 Å². The zero-order valence-corrected chi connectivity index (χ0v) is 15.3. The quantitative estimate of drug-likeness (QED) is 0.460. The minimum atomic E-state index is 0.300. The second-order valence-electron chi connectivity index (χ2n) is 4.72. The monoisotopic (exact) mass is 447 g/mol. The highest BCUT2D eigenvalue weighted by Crippen LogP contribution is 2.42. The van der Waals surface area contributed by atoms with Crippen molar-refractivity contribution >= 4 is 47.8 Å². The average Bonchev–Trinajstić information content (AvgIpc) is 2.36. The number of fused-ring (bicyclic) bond motifs is 1. The number of hydrogen-bond donors (Lipinski definition) is 1. The maximum atomic E-state index is 3.87. The number of nitrogens with one attached hydrogen (secondary N) is 1. The van der Waals surface area contributed by atoms with Gasteiger partial charge in [-0.3, -0.25) is 0 Å². The summed E-state index contributed by atoms with van der Waals surface area (Å²) < 4.78 is 3.39. The van der Waals surface area contributed by atoms with Crippen molar-refractivity contribution in [3.8, 4) is 0 Å². The van der Waals surface area contributed by atoms with Gasteiger partial charge in [0.05, 0.1) is 0 Å². The van der Waals surface area contributed by atoms with E-state index in [2.05, 4.69) is 72.3 Å². The van der Waals surface area contributed by atoms with Gasteiger partial charge in [0.2, 0.25) is 0 Å². The first-order chi connectivity index (χ1) is 9.08. The Morgan fingerprint density at radius 1 is 1.16 bits per heavy atom. The van der Waals surface area contributed by atoms with Gasteiger partial charge >= 0.3 is 0 Å². The van der Waals surface area contributed by atoms with Gasteiger partial charge < -0.3 is 5.32 Å². The van der Waals surface area contributed by atoms with E-state index in [0.29, 0.717) is 12.1 Å². The molecule has 1 nitrogen and oxygen atoms in total. The highest BCUT2D eigenvalue weighted by Gasteiger charge is 2.29. The number of halogens is 3. The lowest BCUT2D eigenvalue weighted by Gasteiger charge is -2.34. The summed E-state index contributed by atoms with van der Waals surface area (Å²) in [5.41, 5.74) is 2.72. The minimum absolute atomic E-state index is 0.300. The van der Waals surface area contributed by atoms with E-state index < -0.39 is 0 Å². The standard InChI is InChI=1S/C15H16Br3N/c1-3-5-9-7-10-11(16)8-12(17)15(18)14(10)13(19-9)6-4-2/h3-4,8-9,13,19H,1-2,5-7H2/t9-,13+/m1/s1. The van der Waals surface area contributed by atoms with Crippen LogP contribution in [0.4, 0.5) is 0 Å². The molecule has 0 bridgehead atoms. The first kappa shape index (κ1) is 15.5. The predicted molar refractivity (Wildman–Crippen MR) is 92.5 cm³/mol. The number of hydrogen-bond acceptors (Lipinski definition) is 1. The Labute approximate surface area is 139 Å². The van der Waals surface area contributed by atoms with Crippen LogP contribution in [0.2, 0.25) is 0 Å². The molecule has 0 unspecified atom stereocenters. The van der Waals surface area contributed by atoms with E-state index in [4.69, 9.17) is 0 Å². The SMILES string of the molecule is C=CC[C@@H]1Cc2c(Br)cc(Br)c(Br)c2[C@H](CC=C)N1. The molecule has 0 aromatic heterocycles. The van der Waals surface area contributed by atoms with Crippen molar-refractivity contribution in [2.24, 2.45) is 0 Å². The van der Waals surface area contributed by atoms with Crippen LogP contribution in [-0.4, -0.2) is 6.04 Å². The number of rotatable bonds is 4. The molecule has 0 spiro atoms. The molecule has 1 aliphatic heterocycles. The largest absolute Gasteiger partial charge is 0.306 e. The Morgan fingerprint density at radius 3 is 2.47 bits per heavy atom. The van der Waals surface area contributed by atoms with Gasteiger partial charge in [-0.25, -0.2) is 0 Å². The summed E-state index contributed by atoms with van der Waals surface area (Å²) in [5.74, 6) is 0. The lowest BCUT2D eigenvalue weighted by atomic mass is 9.87. The van der Waals surface area contributed by atoms with Gasteiger partial charge in [-0.1, -0.05) is 28.1 Å². The Bertz CT molecular complexity index is 511. The van der Waals surface area contributed by atoms with Gasteiger partial charge in [-0.05, 0) is 68.3 Å². The highest BCUT2D eigenvalue weighted by molar-refractivity contribution is 9.13. The maximum Gasteiger partial charge on any atom is 0.0372 e. The molecule has 2 rings (SSSR count). The molecule has 0 fully saturated rings. The summed E-state index contributed by atoms with van der Waals surface area (Å²) in [7, 11) is 0. The molecule has 1 N–H and O–H groups in total. The first-order valence-electron chi connectivity index (χ1n) is 6.22. The van der Waals surface area contributed by atoms with Crippen LogP contribution in [0.15, 0.2) is 44.8 Å². The zero-order chi connectivity index (χ0) is 14.0. The molecule has 0 saturated heterocycles. The van der Waals surface area contributed by atoms with E-state index in [1.165, 1.54) is 15.6 Å². The van der Waals surface area contributed by atoms with Gasteiger partial charge in [0.15, 0.2) is 0 Å². The smallest absolute Gasteiger partial charge is 0.0372 e. The molecule has 1 aromatic carbocycles. The Balaban J connectivity index is 2.50. The van der Waals surface area contributed by atoms with Crippen LogP contribution in [0.25, 0.3) is 0 Å². The minimum Gasteiger partial charge on any atom is -0.306 e. The van der Waals surface area contributed by atoms with Crippen LogP contribution >= 0.6 is 47.8 Å². The van der Waals surface area contributed by atoms with E-state index in [0.717, 1.165) is 28.2 Å². The highest BCUT2D eigenvalue weighted by atomic mass is 79.9. The van der Waals surface area contributed by atoms with Crippen molar-refractivity contribution in [3.05, 3.63) is 55.9 Å². The molecule has 0 radical (unpaired) electrons. The second-order valence-corrected chi connectivity index (χ2v) is 7.22. The normalized spacial score (nSPS) is 21.8. The molecule has 0 saturated carbocycles. The van der Waals surface area contributed by atoms with E-state index in [1.54, 1.807) is 0 Å². The van der Waals surface area contributed by atoms with Gasteiger partial charge in [0.1, 0.15) is 0 Å². The fourth-order valence-electron chi connectivity index (χ4n) is 2.60. The van der Waals surface area contributed by atoms with E-state index >= 15 is 0 Å². The molecule has 1 aromatic rings. The summed E-state index contributed by atoms with van der Waals surface area (Å²) in [5, 5.41) is 3.69. The topological polar surface area (TPSA) is 12.0 Å². The molecule has 4 heteroatoms. The van der Waals surface area contributed by atoms with Gasteiger partial charge in [0.25, 0.3) is 0 Å². The molecule has 1 aliphatic rings. The van der Waals surface area contributed by atoms with Crippen LogP contribution < -0.4 is 5.32 Å². The summed E-state index contributed by atoms with van der Waals surface area (Å²) >= 11 is 11.0. The third-order valence-electron chi connectivity index (χ3n) is 3.40. The lowest BCUT2D eigenvalue weighted by Crippen LogP contribution is -2.39. The third kappa shape index (κ3) is 3.23. The maximum absolute atomic E-state index is 3.87. The molecule has 19 heavy (non-hydrogen) atoms. The van der Waals surface area contributed by atoms with Crippen molar-refractivity contribution in [2.75, 3.05) is 0 Å². The zero-order valence-electron chi connectivity index (χ0n) is 10.6. The van der Waals surface area contributed by atoms with Gasteiger partial charge in [-0.2, -0.15) is 0 Å². The third-order valence-corrected chi connectivity index (χ3v) is 6.12. The lowest BCUT2D eigenvalue weighted by molar-refractivity contribution is 0.403. The molecule has 2 atom stereocenters. The van der Waals surface area contributed by atoms with Gasteiger partial charge in [-0.15, -0.1) is 13.2 Å². The molecule has 0 amide bonds. The van der Waals surface area contributed by atoms with Crippen LogP contribution in [0, 0.1) is 0 Å². The van der Waals surface area contributed by atoms with Crippen molar-refractivity contribution in [2.45, 2.75) is 31.3 Å². The summed E-state index contributed by atoms with van der Waals surface area (Å²) in [6, 6.07) is 2.86. The van der Waals surface area contributed by atoms with Crippen LogP contribution in [0.3, 0.4) is 0 Å². The van der Waals surface area contributed by atoms with Crippen molar-refractivity contribution in [1.29, 1.82) is 0 Å². The second kappa shape index (κ2) is 6.70. The van der Waals surface area contributed by atoms with Crippen LogP contribution in [0.5, 0.6) is 0 Å². The molecule has 0 aliphatic carbocycles. The Morgan fingerprint density at radius 2 is 1.84 bits per heavy atom. The molecule has 102 valence electrons. The fourth-order valence-corrected chi connectivity index (χ4v) is 4.58. The Hall–Kier alpha value is 0.1000. The summed E-state index contributed by atoms with van der Waals surface area (Å²) in [4.78, 5) is 0. The molecule has 1 heterocycles.